The quantitative estimate of drug-likeness (QED) is 0.343. The molecule has 31 heavy (non-hydrogen) atoms. The van der Waals surface area contributed by atoms with Gasteiger partial charge in [-0.05, 0) is 31.0 Å². The fourth-order valence-electron chi connectivity index (χ4n) is 2.87. The number of benzene rings is 1. The number of hydrogen-bond acceptors (Lipinski definition) is 9. The van der Waals surface area contributed by atoms with Crippen LogP contribution >= 0.6 is 11.5 Å². The number of carboxylic acid groups (broad SMARTS) is 1. The van der Waals surface area contributed by atoms with Crippen molar-refractivity contribution in [2.24, 2.45) is 0 Å². The Morgan fingerprint density at radius 2 is 1.81 bits per heavy atom. The Morgan fingerprint density at radius 1 is 1.13 bits per heavy atom. The molecule has 3 aromatic rings. The molecule has 0 aliphatic rings. The molecule has 4 N–H and O–H groups in total. The Bertz CT molecular complexity index is 1160. The third-order valence-corrected chi connectivity index (χ3v) is 5.36. The third-order valence-electron chi connectivity index (χ3n) is 4.61. The van der Waals surface area contributed by atoms with Crippen molar-refractivity contribution >= 4 is 39.8 Å². The van der Waals surface area contributed by atoms with Crippen LogP contribution in [0.2, 0.25) is 0 Å². The molecule has 0 fully saturated rings. The molecule has 162 valence electrons. The van der Waals surface area contributed by atoms with E-state index in [4.69, 9.17) is 0 Å². The van der Waals surface area contributed by atoms with Crippen LogP contribution in [0.1, 0.15) is 35.0 Å². The highest BCUT2D eigenvalue weighted by molar-refractivity contribution is 7.10. The predicted molar refractivity (Wildman–Crippen MR) is 118 cm³/mol. The van der Waals surface area contributed by atoms with Crippen LogP contribution in [-0.4, -0.2) is 39.2 Å². The van der Waals surface area contributed by atoms with Crippen LogP contribution in [-0.2, 0) is 11.2 Å². The van der Waals surface area contributed by atoms with Crippen molar-refractivity contribution in [3.63, 3.8) is 0 Å². The molecular weight excluding hydrogens is 422 g/mol. The van der Waals surface area contributed by atoms with Crippen LogP contribution in [0.5, 0.6) is 0 Å². The molecule has 0 radical (unpaired) electrons. The fourth-order valence-corrected chi connectivity index (χ4v) is 3.43. The number of amides is 1. The van der Waals surface area contributed by atoms with E-state index in [1.807, 2.05) is 6.92 Å². The van der Waals surface area contributed by atoms with E-state index in [9.17, 15) is 24.3 Å². The smallest absolute Gasteiger partial charge is 0.326 e. The summed E-state index contributed by atoms with van der Waals surface area (Å²) in [4.78, 5) is 47.6. The molecule has 0 saturated carbocycles. The molecule has 11 heteroatoms. The van der Waals surface area contributed by atoms with Crippen LogP contribution in [0.15, 0.2) is 33.9 Å². The Hall–Kier alpha value is -3.60. The summed E-state index contributed by atoms with van der Waals surface area (Å²) in [7, 11) is 0. The van der Waals surface area contributed by atoms with Gasteiger partial charge in [0.15, 0.2) is 0 Å². The minimum absolute atomic E-state index is 0.00427. The van der Waals surface area contributed by atoms with Gasteiger partial charge < -0.3 is 21.1 Å². The highest BCUT2D eigenvalue weighted by Gasteiger charge is 2.26. The van der Waals surface area contributed by atoms with E-state index >= 15 is 0 Å². The normalized spacial score (nSPS) is 11.8. The lowest BCUT2D eigenvalue weighted by Crippen LogP contribution is -2.42. The first kappa shape index (κ1) is 22.1. The zero-order valence-electron chi connectivity index (χ0n) is 16.9. The van der Waals surface area contributed by atoms with Gasteiger partial charge in [-0.25, -0.2) is 4.79 Å². The zero-order chi connectivity index (χ0) is 22.5. The molecule has 2 aromatic carbocycles. The summed E-state index contributed by atoms with van der Waals surface area (Å²) in [6.45, 7) is 4.14. The van der Waals surface area contributed by atoms with Crippen molar-refractivity contribution in [1.29, 1.82) is 0 Å². The molecule has 0 bridgehead atoms. The Balaban J connectivity index is 1.68. The highest BCUT2D eigenvalue weighted by Crippen LogP contribution is 2.19. The van der Waals surface area contributed by atoms with E-state index in [1.54, 1.807) is 31.2 Å². The van der Waals surface area contributed by atoms with Crippen molar-refractivity contribution in [3.05, 3.63) is 61.5 Å². The molecule has 1 heterocycles. The van der Waals surface area contributed by atoms with Gasteiger partial charge in [-0.1, -0.05) is 23.5 Å². The van der Waals surface area contributed by atoms with Gasteiger partial charge in [0.05, 0.1) is 5.69 Å². The summed E-state index contributed by atoms with van der Waals surface area (Å²) < 4.78 is 3.76. The van der Waals surface area contributed by atoms with E-state index in [-0.39, 0.29) is 23.7 Å². The Kier molecular flexibility index (Phi) is 6.75. The number of carbonyl (C=O) groups is 2. The number of aliphatic carboxylic acids is 1. The van der Waals surface area contributed by atoms with E-state index in [1.165, 1.54) is 0 Å². The maximum absolute atomic E-state index is 12.3. The van der Waals surface area contributed by atoms with Crippen LogP contribution in [0.25, 0.3) is 0 Å². The number of rotatable bonds is 10. The van der Waals surface area contributed by atoms with Gasteiger partial charge in [-0.15, -0.1) is 5.10 Å². The second kappa shape index (κ2) is 9.47. The Morgan fingerprint density at radius 3 is 2.39 bits per heavy atom. The zero-order valence-corrected chi connectivity index (χ0v) is 17.7. The Labute approximate surface area is 181 Å². The van der Waals surface area contributed by atoms with Crippen molar-refractivity contribution in [1.82, 2.24) is 9.59 Å². The summed E-state index contributed by atoms with van der Waals surface area (Å²) in [6, 6.07) is 5.33. The molecular formula is C20H21N5O5S. The number of carbonyl (C=O) groups excluding carboxylic acids is 1. The van der Waals surface area contributed by atoms with Crippen LogP contribution in [0, 0.1) is 6.92 Å². The van der Waals surface area contributed by atoms with Gasteiger partial charge in [0.2, 0.25) is 0 Å². The molecule has 0 aliphatic heterocycles. The van der Waals surface area contributed by atoms with Crippen LogP contribution in [0.3, 0.4) is 0 Å². The van der Waals surface area contributed by atoms with Crippen molar-refractivity contribution < 1.29 is 14.7 Å². The maximum Gasteiger partial charge on any atom is 0.326 e. The summed E-state index contributed by atoms with van der Waals surface area (Å²) in [5.41, 5.74) is 0.398. The number of nitrogens with zero attached hydrogens (tertiary/aromatic N) is 2. The number of aryl methyl sites for hydroxylation is 1. The van der Waals surface area contributed by atoms with Crippen LogP contribution < -0.4 is 26.8 Å². The topological polar surface area (TPSA) is 150 Å². The summed E-state index contributed by atoms with van der Waals surface area (Å²) in [5.74, 6) is -1.49. The second-order valence-corrected chi connectivity index (χ2v) is 7.67. The minimum Gasteiger partial charge on any atom is -0.480 e. The van der Waals surface area contributed by atoms with E-state index < -0.39 is 22.9 Å². The molecule has 1 amide bonds. The van der Waals surface area contributed by atoms with Gasteiger partial charge in [0, 0.05) is 30.1 Å². The molecule has 0 aliphatic carbocycles. The summed E-state index contributed by atoms with van der Waals surface area (Å²) in [5, 5.41) is 22.2. The fraction of sp³-hybridized carbons (Fsp3) is 0.300. The molecule has 0 saturated heterocycles. The van der Waals surface area contributed by atoms with Gasteiger partial charge >= 0.3 is 5.97 Å². The van der Waals surface area contributed by atoms with Gasteiger partial charge in [0.1, 0.15) is 22.4 Å². The predicted octanol–water partition coefficient (Wildman–Crippen LogP) is 1.62. The lowest BCUT2D eigenvalue weighted by atomic mass is 10.0. The molecule has 10 nitrogen and oxygen atoms in total. The van der Waals surface area contributed by atoms with Crippen molar-refractivity contribution in [2.45, 2.75) is 32.7 Å². The average Bonchev–Trinajstić information content (AvgIpc) is 3.16. The summed E-state index contributed by atoms with van der Waals surface area (Å²) >= 11 is 1.08. The van der Waals surface area contributed by atoms with Gasteiger partial charge in [0.25, 0.3) is 16.8 Å². The molecule has 0 unspecified atom stereocenters. The number of anilines is 3. The SMILES string of the molecule is CCCNc1c(N[C@@H](Cc2ccc(C(=O)Nc3snnc3C)cc2)C(=O)O)c(=O)c1=O. The summed E-state index contributed by atoms with van der Waals surface area (Å²) in [6.07, 6.45) is 0.806. The molecule has 1 atom stereocenters. The number of nitrogens with one attached hydrogen (secondary N) is 3. The largest absolute Gasteiger partial charge is 0.480 e. The molecule has 3 rings (SSSR count). The second-order valence-electron chi connectivity index (χ2n) is 6.91. The standard InChI is InChI=1S/C20H21N5O5S/c1-3-8-21-14-15(17(27)16(14)26)22-13(20(29)30)9-11-4-6-12(7-5-11)18(28)23-19-10(2)24-25-31-19/h4-7,13,21-22H,3,8-9H2,1-2H3,(H,23,28)(H,29,30)/t13-/m0/s1. The number of carboxylic acids is 1. The lowest BCUT2D eigenvalue weighted by molar-refractivity contribution is -0.137. The van der Waals surface area contributed by atoms with E-state index in [0.29, 0.717) is 28.4 Å². The van der Waals surface area contributed by atoms with Crippen LogP contribution in [0.4, 0.5) is 16.4 Å². The van der Waals surface area contributed by atoms with E-state index in [2.05, 4.69) is 25.5 Å². The third kappa shape index (κ3) is 4.94. The van der Waals surface area contributed by atoms with Gasteiger partial charge in [-0.3, -0.25) is 14.4 Å². The van der Waals surface area contributed by atoms with Crippen molar-refractivity contribution in [3.8, 4) is 0 Å². The highest BCUT2D eigenvalue weighted by atomic mass is 32.1. The molecule has 1 aromatic heterocycles. The first-order chi connectivity index (χ1) is 14.8. The first-order valence-electron chi connectivity index (χ1n) is 9.57. The average molecular weight is 443 g/mol. The maximum atomic E-state index is 12.3. The monoisotopic (exact) mass is 443 g/mol. The molecule has 0 spiro atoms. The lowest BCUT2D eigenvalue weighted by Gasteiger charge is -2.19. The first-order valence-corrected chi connectivity index (χ1v) is 10.3. The van der Waals surface area contributed by atoms with Crippen molar-refractivity contribution in [2.75, 3.05) is 22.5 Å². The minimum atomic E-state index is -1.16. The number of aromatic nitrogens is 2. The number of hydrogen-bond donors (Lipinski definition) is 4. The van der Waals surface area contributed by atoms with Gasteiger partial charge in [-0.2, -0.15) is 0 Å². The van der Waals surface area contributed by atoms with E-state index in [0.717, 1.165) is 18.0 Å².